The molecule has 0 aliphatic heterocycles. The van der Waals surface area contributed by atoms with Crippen LogP contribution in [0.2, 0.25) is 0 Å². The predicted molar refractivity (Wildman–Crippen MR) is 58.0 cm³/mol. The zero-order valence-corrected chi connectivity index (χ0v) is 8.92. The monoisotopic (exact) mass is 266 g/mol. The van der Waals surface area contributed by atoms with Crippen molar-refractivity contribution in [1.82, 2.24) is 0 Å². The Balaban J connectivity index is 2.97. The van der Waals surface area contributed by atoms with Gasteiger partial charge >= 0.3 is 0 Å². The maximum atomic E-state index is 5.12. The van der Waals surface area contributed by atoms with Crippen LogP contribution in [0.3, 0.4) is 0 Å². The number of halogens is 1. The van der Waals surface area contributed by atoms with Gasteiger partial charge in [0.25, 0.3) is 0 Å². The SMILES string of the molecule is C=CCCCC=CCOCI. The van der Waals surface area contributed by atoms with Gasteiger partial charge in [0.15, 0.2) is 0 Å². The summed E-state index contributed by atoms with van der Waals surface area (Å²) in [6.07, 6.45) is 9.63. The molecule has 0 radical (unpaired) electrons. The Morgan fingerprint density at radius 1 is 1.27 bits per heavy atom. The molecule has 0 amide bonds. The first-order chi connectivity index (χ1) is 5.41. The number of alkyl halides is 1. The fourth-order valence-electron chi connectivity index (χ4n) is 0.679. The van der Waals surface area contributed by atoms with Gasteiger partial charge in [-0.2, -0.15) is 0 Å². The van der Waals surface area contributed by atoms with Crippen molar-refractivity contribution in [3.05, 3.63) is 24.8 Å². The highest BCUT2D eigenvalue weighted by Gasteiger charge is 1.79. The molecular formula is C9H15IO. The quantitative estimate of drug-likeness (QED) is 0.297. The van der Waals surface area contributed by atoms with E-state index < -0.39 is 0 Å². The highest BCUT2D eigenvalue weighted by atomic mass is 127. The number of hydrogen-bond donors (Lipinski definition) is 0. The Bertz CT molecular complexity index is 110. The fourth-order valence-corrected chi connectivity index (χ4v) is 0.933. The van der Waals surface area contributed by atoms with Gasteiger partial charge in [0, 0.05) is 0 Å². The van der Waals surface area contributed by atoms with Gasteiger partial charge in [0.2, 0.25) is 0 Å². The number of rotatable bonds is 7. The first kappa shape index (κ1) is 11.2. The zero-order valence-electron chi connectivity index (χ0n) is 6.76. The highest BCUT2D eigenvalue weighted by molar-refractivity contribution is 14.1. The predicted octanol–water partition coefficient (Wildman–Crippen LogP) is 3.31. The third-order valence-electron chi connectivity index (χ3n) is 1.24. The van der Waals surface area contributed by atoms with Crippen LogP contribution in [0.4, 0.5) is 0 Å². The lowest BCUT2D eigenvalue weighted by atomic mass is 10.2. The number of ether oxygens (including phenoxy) is 1. The maximum absolute atomic E-state index is 5.12. The molecule has 64 valence electrons. The van der Waals surface area contributed by atoms with Gasteiger partial charge in [0.05, 0.1) is 11.2 Å². The second-order valence-electron chi connectivity index (χ2n) is 2.17. The topological polar surface area (TPSA) is 9.23 Å². The van der Waals surface area contributed by atoms with Crippen LogP contribution >= 0.6 is 22.6 Å². The zero-order chi connectivity index (χ0) is 8.36. The summed E-state index contributed by atoms with van der Waals surface area (Å²) in [6.45, 7) is 4.41. The average molecular weight is 266 g/mol. The van der Waals surface area contributed by atoms with Gasteiger partial charge in [-0.1, -0.05) is 40.8 Å². The third-order valence-corrected chi connectivity index (χ3v) is 1.68. The maximum Gasteiger partial charge on any atom is 0.0983 e. The molecule has 1 nitrogen and oxygen atoms in total. The normalized spacial score (nSPS) is 10.6. The minimum Gasteiger partial charge on any atom is -0.367 e. The second-order valence-corrected chi connectivity index (χ2v) is 2.79. The summed E-state index contributed by atoms with van der Waals surface area (Å²) in [7, 11) is 0. The van der Waals surface area contributed by atoms with Crippen LogP contribution < -0.4 is 0 Å². The summed E-state index contributed by atoms with van der Waals surface area (Å²) in [5.74, 6) is 0. The number of allylic oxidation sites excluding steroid dienone is 2. The van der Waals surface area contributed by atoms with Crippen molar-refractivity contribution in [2.75, 3.05) is 11.2 Å². The second kappa shape index (κ2) is 10.2. The number of hydrogen-bond acceptors (Lipinski definition) is 1. The third kappa shape index (κ3) is 10.2. The van der Waals surface area contributed by atoms with E-state index in [1.165, 1.54) is 6.42 Å². The molecule has 11 heavy (non-hydrogen) atoms. The van der Waals surface area contributed by atoms with Crippen molar-refractivity contribution >= 4 is 22.6 Å². The lowest BCUT2D eigenvalue weighted by Gasteiger charge is -1.92. The van der Waals surface area contributed by atoms with Crippen molar-refractivity contribution < 1.29 is 4.74 Å². The summed E-state index contributed by atoms with van der Waals surface area (Å²) < 4.78 is 5.89. The first-order valence-electron chi connectivity index (χ1n) is 3.81. The van der Waals surface area contributed by atoms with E-state index in [4.69, 9.17) is 4.74 Å². The Morgan fingerprint density at radius 2 is 2.09 bits per heavy atom. The minimum atomic E-state index is 0.747. The average Bonchev–Trinajstić information content (AvgIpc) is 2.03. The Morgan fingerprint density at radius 3 is 2.73 bits per heavy atom. The van der Waals surface area contributed by atoms with Crippen LogP contribution in [0.25, 0.3) is 0 Å². The molecule has 0 aliphatic rings. The van der Waals surface area contributed by atoms with E-state index >= 15 is 0 Å². The van der Waals surface area contributed by atoms with Crippen molar-refractivity contribution in [3.8, 4) is 0 Å². The smallest absolute Gasteiger partial charge is 0.0983 e. The van der Waals surface area contributed by atoms with Gasteiger partial charge in [0.1, 0.15) is 0 Å². The van der Waals surface area contributed by atoms with Gasteiger partial charge < -0.3 is 4.74 Å². The van der Waals surface area contributed by atoms with Gasteiger partial charge in [-0.05, 0) is 19.3 Å². The molecule has 0 aliphatic carbocycles. The summed E-state index contributed by atoms with van der Waals surface area (Å²) >= 11 is 2.19. The summed E-state index contributed by atoms with van der Waals surface area (Å²) in [5.41, 5.74) is 0. The van der Waals surface area contributed by atoms with E-state index in [-0.39, 0.29) is 0 Å². The van der Waals surface area contributed by atoms with Crippen molar-refractivity contribution in [1.29, 1.82) is 0 Å². The van der Waals surface area contributed by atoms with Crippen LogP contribution in [0.15, 0.2) is 24.8 Å². The van der Waals surface area contributed by atoms with Crippen molar-refractivity contribution in [2.24, 2.45) is 0 Å². The van der Waals surface area contributed by atoms with Crippen LogP contribution in [0.1, 0.15) is 19.3 Å². The van der Waals surface area contributed by atoms with Gasteiger partial charge in [-0.25, -0.2) is 0 Å². The molecule has 0 spiro atoms. The highest BCUT2D eigenvalue weighted by Crippen LogP contribution is 1.96. The molecule has 0 saturated carbocycles. The molecule has 0 atom stereocenters. The Labute approximate surface area is 82.7 Å². The lowest BCUT2D eigenvalue weighted by Crippen LogP contribution is -1.84. The molecule has 2 heteroatoms. The van der Waals surface area contributed by atoms with E-state index in [1.54, 1.807) is 0 Å². The fraction of sp³-hybridized carbons (Fsp3) is 0.556. The van der Waals surface area contributed by atoms with E-state index in [0.717, 1.165) is 24.1 Å². The van der Waals surface area contributed by atoms with Crippen LogP contribution in [-0.2, 0) is 4.74 Å². The largest absolute Gasteiger partial charge is 0.367 e. The van der Waals surface area contributed by atoms with E-state index in [9.17, 15) is 0 Å². The first-order valence-corrected chi connectivity index (χ1v) is 5.34. The number of unbranched alkanes of at least 4 members (excludes halogenated alkanes) is 2. The van der Waals surface area contributed by atoms with E-state index in [1.807, 2.05) is 6.08 Å². The molecule has 0 aromatic rings. The Kier molecular flexibility index (Phi) is 10.3. The molecule has 0 saturated heterocycles. The summed E-state index contributed by atoms with van der Waals surface area (Å²) in [4.78, 5) is 0. The molecule has 0 fully saturated rings. The van der Waals surface area contributed by atoms with Gasteiger partial charge in [-0.3, -0.25) is 0 Å². The van der Waals surface area contributed by atoms with E-state index in [2.05, 4.69) is 41.3 Å². The summed E-state index contributed by atoms with van der Waals surface area (Å²) in [6, 6.07) is 0. The minimum absolute atomic E-state index is 0.747. The molecule has 0 heterocycles. The molecular weight excluding hydrogens is 251 g/mol. The lowest BCUT2D eigenvalue weighted by molar-refractivity contribution is 0.225. The van der Waals surface area contributed by atoms with Gasteiger partial charge in [-0.15, -0.1) is 6.58 Å². The molecule has 0 unspecified atom stereocenters. The molecule has 0 bridgehead atoms. The van der Waals surface area contributed by atoms with Crippen LogP contribution in [0.5, 0.6) is 0 Å². The van der Waals surface area contributed by atoms with Crippen LogP contribution in [-0.4, -0.2) is 11.2 Å². The van der Waals surface area contributed by atoms with Crippen molar-refractivity contribution in [2.45, 2.75) is 19.3 Å². The Hall–Kier alpha value is 0.170. The van der Waals surface area contributed by atoms with Crippen molar-refractivity contribution in [3.63, 3.8) is 0 Å². The molecule has 0 aromatic heterocycles. The molecule has 0 aromatic carbocycles. The van der Waals surface area contributed by atoms with Crippen LogP contribution in [0, 0.1) is 0 Å². The summed E-state index contributed by atoms with van der Waals surface area (Å²) in [5, 5.41) is 0. The molecule has 0 N–H and O–H groups in total. The van der Waals surface area contributed by atoms with E-state index in [0.29, 0.717) is 0 Å². The standard InChI is InChI=1S/C9H15IO/c1-2-3-4-5-6-7-8-11-9-10/h2,6-7H,1,3-5,8-9H2. The molecule has 0 rings (SSSR count).